The van der Waals surface area contributed by atoms with Crippen LogP contribution in [0.1, 0.15) is 45.1 Å². The molecule has 1 N–H and O–H groups in total. The zero-order chi connectivity index (χ0) is 19.5. The number of amides is 1. The molecule has 0 fully saturated rings. The van der Waals surface area contributed by atoms with E-state index >= 15 is 0 Å². The second-order valence-electron chi connectivity index (χ2n) is 5.80. The number of carbonyl (C=O) groups is 2. The fourth-order valence-corrected chi connectivity index (χ4v) is 2.48. The molecule has 0 aliphatic rings. The number of methoxy groups -OCH3 is 1. The lowest BCUT2D eigenvalue weighted by Gasteiger charge is -2.17. The van der Waals surface area contributed by atoms with Gasteiger partial charge in [0, 0.05) is 18.9 Å². The van der Waals surface area contributed by atoms with E-state index in [-0.39, 0.29) is 30.4 Å². The minimum atomic E-state index is -0.892. The van der Waals surface area contributed by atoms with Gasteiger partial charge in [-0.3, -0.25) is 14.9 Å². The third kappa shape index (κ3) is 6.70. The number of nitrogens with zero attached hydrogens (tertiary/aromatic N) is 1. The van der Waals surface area contributed by atoms with Crippen LogP contribution < -0.4 is 10.1 Å². The van der Waals surface area contributed by atoms with E-state index in [9.17, 15) is 19.7 Å². The quantitative estimate of drug-likeness (QED) is 0.279. The molecule has 1 atom stereocenters. The molecule has 0 heterocycles. The summed E-state index contributed by atoms with van der Waals surface area (Å²) in [6, 6.07) is 3.55. The molecule has 0 radical (unpaired) electrons. The number of rotatable bonds is 11. The largest absolute Gasteiger partial charge is 0.490 e. The smallest absolute Gasteiger partial charge is 0.328 e. The van der Waals surface area contributed by atoms with Gasteiger partial charge in [0.1, 0.15) is 6.04 Å². The van der Waals surface area contributed by atoms with Crippen LogP contribution in [0, 0.1) is 10.1 Å². The van der Waals surface area contributed by atoms with E-state index in [0.717, 1.165) is 19.3 Å². The highest BCUT2D eigenvalue weighted by Gasteiger charge is 2.24. The average Bonchev–Trinajstić information content (AvgIpc) is 2.61. The van der Waals surface area contributed by atoms with E-state index in [1.807, 2.05) is 6.92 Å². The second kappa shape index (κ2) is 11.1. The summed E-state index contributed by atoms with van der Waals surface area (Å²) in [5.74, 6) is -0.663. The number of nitro groups is 1. The first-order chi connectivity index (χ1) is 12.4. The van der Waals surface area contributed by atoms with Crippen molar-refractivity contribution in [3.63, 3.8) is 0 Å². The summed E-state index contributed by atoms with van der Waals surface area (Å²) >= 11 is 0. The number of benzene rings is 1. The van der Waals surface area contributed by atoms with Gasteiger partial charge in [-0.1, -0.05) is 25.8 Å². The maximum Gasteiger partial charge on any atom is 0.328 e. The van der Waals surface area contributed by atoms with Crippen LogP contribution in [0.5, 0.6) is 5.75 Å². The summed E-state index contributed by atoms with van der Waals surface area (Å²) in [5, 5.41) is 13.8. The molecule has 8 heteroatoms. The van der Waals surface area contributed by atoms with Crippen molar-refractivity contribution in [2.75, 3.05) is 13.7 Å². The van der Waals surface area contributed by atoms with E-state index in [0.29, 0.717) is 12.0 Å². The molecule has 0 aliphatic carbocycles. The number of nitro benzene ring substituents is 1. The highest BCUT2D eigenvalue weighted by molar-refractivity contribution is 5.84. The van der Waals surface area contributed by atoms with Gasteiger partial charge in [0.05, 0.1) is 18.6 Å². The molecule has 0 spiro atoms. The van der Waals surface area contributed by atoms with Gasteiger partial charge in [0.2, 0.25) is 5.91 Å². The fraction of sp³-hybridized carbons (Fsp3) is 0.556. The van der Waals surface area contributed by atoms with E-state index in [1.165, 1.54) is 19.2 Å². The van der Waals surface area contributed by atoms with Crippen molar-refractivity contribution in [1.82, 2.24) is 5.32 Å². The Balaban J connectivity index is 2.91. The fourth-order valence-electron chi connectivity index (χ4n) is 2.48. The molecule has 144 valence electrons. The molecule has 0 aliphatic heterocycles. The Morgan fingerprint density at radius 3 is 2.58 bits per heavy atom. The Bertz CT molecular complexity index is 632. The summed E-state index contributed by atoms with van der Waals surface area (Å²) in [6.45, 7) is 3.90. The van der Waals surface area contributed by atoms with Crippen molar-refractivity contribution >= 4 is 17.6 Å². The van der Waals surface area contributed by atoms with E-state index in [2.05, 4.69) is 5.32 Å². The lowest BCUT2D eigenvalue weighted by atomic mass is 10.0. The Morgan fingerprint density at radius 2 is 2.00 bits per heavy atom. The van der Waals surface area contributed by atoms with E-state index < -0.39 is 16.9 Å². The summed E-state index contributed by atoms with van der Waals surface area (Å²) in [6.07, 6.45) is 3.09. The molecule has 8 nitrogen and oxygen atoms in total. The molecular weight excluding hydrogens is 340 g/mol. The number of ether oxygens (including phenoxy) is 2. The topological polar surface area (TPSA) is 108 Å². The van der Waals surface area contributed by atoms with Crippen molar-refractivity contribution in [2.24, 2.45) is 0 Å². The van der Waals surface area contributed by atoms with E-state index in [1.54, 1.807) is 13.0 Å². The normalized spacial score (nSPS) is 11.5. The number of hydrogen-bond donors (Lipinski definition) is 1. The summed E-state index contributed by atoms with van der Waals surface area (Å²) < 4.78 is 9.98. The van der Waals surface area contributed by atoms with Crippen molar-refractivity contribution in [1.29, 1.82) is 0 Å². The molecule has 26 heavy (non-hydrogen) atoms. The van der Waals surface area contributed by atoms with Crippen molar-refractivity contribution < 1.29 is 24.0 Å². The molecule has 0 aromatic heterocycles. The molecule has 0 saturated heterocycles. The van der Waals surface area contributed by atoms with Gasteiger partial charge in [0.25, 0.3) is 0 Å². The van der Waals surface area contributed by atoms with Gasteiger partial charge in [-0.05, 0) is 25.0 Å². The van der Waals surface area contributed by atoms with Crippen LogP contribution in [0.2, 0.25) is 0 Å². The number of esters is 1. The molecule has 1 amide bonds. The number of carbonyl (C=O) groups excluding carboxylic acids is 2. The SMILES string of the molecule is CCCCCC(=O)N[C@H](Cc1ccc(OC)c([N+](=O)[O-])c1)C(=O)OCC. The number of hydrogen-bond acceptors (Lipinski definition) is 6. The lowest BCUT2D eigenvalue weighted by Crippen LogP contribution is -2.43. The van der Waals surface area contributed by atoms with Crippen LogP contribution >= 0.6 is 0 Å². The van der Waals surface area contributed by atoms with Gasteiger partial charge < -0.3 is 14.8 Å². The summed E-state index contributed by atoms with van der Waals surface area (Å²) in [4.78, 5) is 34.8. The van der Waals surface area contributed by atoms with Gasteiger partial charge in [-0.2, -0.15) is 0 Å². The molecule has 0 saturated carbocycles. The second-order valence-corrected chi connectivity index (χ2v) is 5.80. The van der Waals surface area contributed by atoms with Gasteiger partial charge in [-0.25, -0.2) is 4.79 Å². The summed E-state index contributed by atoms with van der Waals surface area (Å²) in [7, 11) is 1.35. The van der Waals surface area contributed by atoms with Crippen LogP contribution in [0.4, 0.5) is 5.69 Å². The van der Waals surface area contributed by atoms with Crippen LogP contribution in [-0.2, 0) is 20.7 Å². The van der Waals surface area contributed by atoms with Crippen molar-refractivity contribution in [3.05, 3.63) is 33.9 Å². The van der Waals surface area contributed by atoms with Crippen LogP contribution in [0.3, 0.4) is 0 Å². The Labute approximate surface area is 153 Å². The van der Waals surface area contributed by atoms with Gasteiger partial charge in [0.15, 0.2) is 5.75 Å². The monoisotopic (exact) mass is 366 g/mol. The highest BCUT2D eigenvalue weighted by atomic mass is 16.6. The molecule has 1 rings (SSSR count). The van der Waals surface area contributed by atoms with Crippen molar-refractivity contribution in [2.45, 2.75) is 52.0 Å². The molecule has 1 aromatic carbocycles. The molecular formula is C18H26N2O6. The molecule has 1 aromatic rings. The van der Waals surface area contributed by atoms with Crippen LogP contribution in [-0.4, -0.2) is 36.6 Å². The first-order valence-electron chi connectivity index (χ1n) is 8.70. The highest BCUT2D eigenvalue weighted by Crippen LogP contribution is 2.28. The Kier molecular flexibility index (Phi) is 9.11. The Morgan fingerprint density at radius 1 is 1.27 bits per heavy atom. The maximum atomic E-state index is 12.2. The number of nitrogens with one attached hydrogen (secondary N) is 1. The molecule has 0 unspecified atom stereocenters. The third-order valence-electron chi connectivity index (χ3n) is 3.79. The predicted molar refractivity (Wildman–Crippen MR) is 96.1 cm³/mol. The van der Waals surface area contributed by atoms with Gasteiger partial charge >= 0.3 is 11.7 Å². The maximum absolute atomic E-state index is 12.2. The average molecular weight is 366 g/mol. The molecule has 0 bridgehead atoms. The first kappa shape index (κ1) is 21.4. The third-order valence-corrected chi connectivity index (χ3v) is 3.79. The van der Waals surface area contributed by atoms with Crippen molar-refractivity contribution in [3.8, 4) is 5.75 Å². The lowest BCUT2D eigenvalue weighted by molar-refractivity contribution is -0.385. The zero-order valence-electron chi connectivity index (χ0n) is 15.4. The Hall–Kier alpha value is -2.64. The first-order valence-corrected chi connectivity index (χ1v) is 8.70. The standard InChI is InChI=1S/C18H26N2O6/c1-4-6-7-8-17(21)19-14(18(22)26-5-2)11-13-9-10-16(25-3)15(12-13)20(23)24/h9-10,12,14H,4-8,11H2,1-3H3,(H,19,21)/t14-/m1/s1. The summed E-state index contributed by atoms with van der Waals surface area (Å²) in [5.41, 5.74) is 0.339. The van der Waals surface area contributed by atoms with E-state index in [4.69, 9.17) is 9.47 Å². The minimum absolute atomic E-state index is 0.100. The minimum Gasteiger partial charge on any atom is -0.490 e. The van der Waals surface area contributed by atoms with Crippen LogP contribution in [0.25, 0.3) is 0 Å². The number of unbranched alkanes of at least 4 members (excludes halogenated alkanes) is 2. The van der Waals surface area contributed by atoms with Crippen LogP contribution in [0.15, 0.2) is 18.2 Å². The predicted octanol–water partition coefficient (Wildman–Crippen LogP) is 2.77. The zero-order valence-corrected chi connectivity index (χ0v) is 15.4. The van der Waals surface area contributed by atoms with Gasteiger partial charge in [-0.15, -0.1) is 0 Å².